The lowest BCUT2D eigenvalue weighted by atomic mass is 9.71. The molecule has 0 aliphatic rings. The van der Waals surface area contributed by atoms with Crippen LogP contribution in [0, 0.1) is 20.8 Å². The molecule has 3 aromatic carbocycles. The summed E-state index contributed by atoms with van der Waals surface area (Å²) in [6, 6.07) is 10.3. The van der Waals surface area contributed by atoms with Crippen molar-refractivity contribution in [3.63, 3.8) is 0 Å². The molecule has 0 aliphatic carbocycles. The third-order valence-corrected chi connectivity index (χ3v) is 12.0. The summed E-state index contributed by atoms with van der Waals surface area (Å²) in [5.41, 5.74) is 1.83. The normalized spacial score (nSPS) is 15.0. The van der Waals surface area contributed by atoms with E-state index in [0.29, 0.717) is 38.9 Å². The second kappa shape index (κ2) is 15.1. The average molecular weight is 761 g/mol. The summed E-state index contributed by atoms with van der Waals surface area (Å²) in [5, 5.41) is 33.5. The van der Waals surface area contributed by atoms with Gasteiger partial charge in [0.05, 0.1) is 6.61 Å². The largest absolute Gasteiger partial charge is 0.508 e. The highest BCUT2D eigenvalue weighted by Gasteiger charge is 2.50. The van der Waals surface area contributed by atoms with Crippen LogP contribution < -0.4 is 0 Å². The maximum Gasteiger partial charge on any atom is 0.485 e. The van der Waals surface area contributed by atoms with Gasteiger partial charge in [-0.25, -0.2) is 9.13 Å². The number of phenolic OH excluding ortho intramolecular Hbond substituents is 3. The minimum Gasteiger partial charge on any atom is -0.508 e. The number of hydrogen-bond acceptors (Lipinski definition) is 8. The molecule has 0 fully saturated rings. The second-order valence-electron chi connectivity index (χ2n) is 17.0. The van der Waals surface area contributed by atoms with E-state index in [1.807, 2.05) is 82.2 Å². The SMILES string of the molecule is C=CCOP(=O)(OC(CC(C)c1cc(C(C)(C)C)c(O)cc1C)(c1cc(C(C)(C)C)c(O)cc1C)c1cc(C(C)(C)C)c(O)cc1C)OP(=O)(O)O. The molecule has 0 radical (unpaired) electrons. The maximum absolute atomic E-state index is 14.7. The molecule has 0 saturated carbocycles. The van der Waals surface area contributed by atoms with Gasteiger partial charge < -0.3 is 25.1 Å². The van der Waals surface area contributed by atoms with Crippen LogP contribution in [0.4, 0.5) is 0 Å². The predicted molar refractivity (Wildman–Crippen MR) is 206 cm³/mol. The fourth-order valence-electron chi connectivity index (χ4n) is 6.87. The topological polar surface area (TPSA) is 163 Å². The van der Waals surface area contributed by atoms with Gasteiger partial charge in [-0.15, -0.1) is 6.58 Å². The van der Waals surface area contributed by atoms with Gasteiger partial charge in [0.15, 0.2) is 0 Å². The van der Waals surface area contributed by atoms with Gasteiger partial charge in [0.25, 0.3) is 0 Å². The minimum atomic E-state index is -5.49. The van der Waals surface area contributed by atoms with E-state index in [4.69, 9.17) is 13.4 Å². The number of hydrogen-bond donors (Lipinski definition) is 5. The smallest absolute Gasteiger partial charge is 0.485 e. The van der Waals surface area contributed by atoms with Crippen molar-refractivity contribution in [1.29, 1.82) is 0 Å². The summed E-state index contributed by atoms with van der Waals surface area (Å²) < 4.78 is 44.3. The quantitative estimate of drug-likeness (QED) is 0.0887. The number of benzene rings is 3. The maximum atomic E-state index is 14.7. The molecule has 5 N–H and O–H groups in total. The van der Waals surface area contributed by atoms with Crippen LogP contribution in [0.3, 0.4) is 0 Å². The van der Waals surface area contributed by atoms with Crippen molar-refractivity contribution in [2.75, 3.05) is 6.61 Å². The molecule has 0 aromatic heterocycles. The molecular formula is C40H58O10P2. The Kier molecular flexibility index (Phi) is 12.6. The zero-order valence-corrected chi connectivity index (χ0v) is 34.7. The highest BCUT2D eigenvalue weighted by atomic mass is 31.3. The number of rotatable bonds is 12. The lowest BCUT2D eigenvalue weighted by molar-refractivity contribution is 0.0392. The molecule has 3 aromatic rings. The number of aryl methyl sites for hydroxylation is 3. The van der Waals surface area contributed by atoms with Crippen LogP contribution in [-0.4, -0.2) is 31.7 Å². The Morgan fingerprint density at radius 1 is 0.673 bits per heavy atom. The molecule has 2 unspecified atom stereocenters. The van der Waals surface area contributed by atoms with Crippen LogP contribution >= 0.6 is 15.6 Å². The fraction of sp³-hybridized carbons (Fsp3) is 0.500. The summed E-state index contributed by atoms with van der Waals surface area (Å²) in [4.78, 5) is 20.1. The zero-order chi connectivity index (χ0) is 40.0. The molecular weight excluding hydrogens is 702 g/mol. The van der Waals surface area contributed by atoms with E-state index in [1.165, 1.54) is 6.08 Å². The highest BCUT2D eigenvalue weighted by Crippen LogP contribution is 2.66. The summed E-state index contributed by atoms with van der Waals surface area (Å²) in [6.07, 6.45) is 1.25. The van der Waals surface area contributed by atoms with Crippen LogP contribution in [-0.2, 0) is 44.3 Å². The fourth-order valence-corrected chi connectivity index (χ4v) is 9.23. The number of aromatic hydroxyl groups is 3. The standard InChI is InChI=1S/C40H58O10P2/c1-15-16-48-52(47,50-51(44,45)46)49-40(29-21-32(38(9,10)11)35(42)18-25(29)3,30-22-33(39(12,13)14)36(43)19-26(30)4)23-27(5)28-20-31(37(6,7)8)34(41)17-24(28)2/h15,17-22,27,41-43H,1,16,23H2,2-14H3,(H2,44,45,46). The molecule has 0 bridgehead atoms. The molecule has 0 spiro atoms. The molecule has 10 nitrogen and oxygen atoms in total. The van der Waals surface area contributed by atoms with Crippen molar-refractivity contribution in [1.82, 2.24) is 0 Å². The average Bonchev–Trinajstić information content (AvgIpc) is 2.92. The van der Waals surface area contributed by atoms with Gasteiger partial charge in [-0.05, 0) is 130 Å². The monoisotopic (exact) mass is 760 g/mol. The number of phosphoric ester groups is 1. The molecule has 288 valence electrons. The zero-order valence-electron chi connectivity index (χ0n) is 32.9. The lowest BCUT2D eigenvalue weighted by Gasteiger charge is -2.42. The van der Waals surface area contributed by atoms with Gasteiger partial charge in [0, 0.05) is 0 Å². The number of phenols is 3. The van der Waals surface area contributed by atoms with E-state index >= 15 is 0 Å². The van der Waals surface area contributed by atoms with Crippen molar-refractivity contribution in [2.24, 2.45) is 0 Å². The molecule has 0 aliphatic heterocycles. The van der Waals surface area contributed by atoms with Crippen LogP contribution in [0.25, 0.3) is 0 Å². The van der Waals surface area contributed by atoms with Crippen LogP contribution in [0.1, 0.15) is 132 Å². The van der Waals surface area contributed by atoms with E-state index in [9.17, 15) is 34.2 Å². The first-order valence-electron chi connectivity index (χ1n) is 17.3. The Hall–Kier alpha value is -2.94. The Labute approximate surface area is 309 Å². The Morgan fingerprint density at radius 2 is 1.06 bits per heavy atom. The number of phosphoric acid groups is 2. The first kappa shape index (κ1) is 43.5. The molecule has 2 atom stereocenters. The molecule has 3 rings (SSSR count). The first-order chi connectivity index (χ1) is 23.5. The first-order valence-corrected chi connectivity index (χ1v) is 20.3. The van der Waals surface area contributed by atoms with E-state index in [1.54, 1.807) is 44.2 Å². The van der Waals surface area contributed by atoms with E-state index in [2.05, 4.69) is 6.58 Å². The lowest BCUT2D eigenvalue weighted by Crippen LogP contribution is -2.35. The summed E-state index contributed by atoms with van der Waals surface area (Å²) in [7, 11) is -10.7. The highest BCUT2D eigenvalue weighted by molar-refractivity contribution is 7.61. The molecule has 0 saturated heterocycles. The second-order valence-corrected chi connectivity index (χ2v) is 19.9. The van der Waals surface area contributed by atoms with Crippen LogP contribution in [0.2, 0.25) is 0 Å². The molecule has 12 heteroatoms. The molecule has 52 heavy (non-hydrogen) atoms. The van der Waals surface area contributed by atoms with Crippen molar-refractivity contribution in [3.05, 3.63) is 99.1 Å². The Bertz CT molecular complexity index is 1840. The van der Waals surface area contributed by atoms with E-state index in [0.717, 1.165) is 11.1 Å². The van der Waals surface area contributed by atoms with E-state index in [-0.39, 0.29) is 23.7 Å². The van der Waals surface area contributed by atoms with Gasteiger partial charge in [-0.1, -0.05) is 81.4 Å². The predicted octanol–water partition coefficient (Wildman–Crippen LogP) is 10.5. The van der Waals surface area contributed by atoms with Crippen molar-refractivity contribution in [3.8, 4) is 17.2 Å². The third kappa shape index (κ3) is 9.78. The van der Waals surface area contributed by atoms with Crippen molar-refractivity contribution in [2.45, 2.75) is 124 Å². The van der Waals surface area contributed by atoms with Gasteiger partial charge in [-0.3, -0.25) is 9.05 Å². The Morgan fingerprint density at radius 3 is 1.42 bits per heavy atom. The van der Waals surface area contributed by atoms with Crippen LogP contribution in [0.15, 0.2) is 49.1 Å². The summed E-state index contributed by atoms with van der Waals surface area (Å²) in [5.74, 6) is -0.248. The van der Waals surface area contributed by atoms with Crippen molar-refractivity contribution < 1.29 is 47.6 Å². The third-order valence-electron chi connectivity index (χ3n) is 9.31. The minimum absolute atomic E-state index is 0.00144. The van der Waals surface area contributed by atoms with Gasteiger partial charge in [0.2, 0.25) is 0 Å². The molecule has 0 heterocycles. The summed E-state index contributed by atoms with van der Waals surface area (Å²) >= 11 is 0. The van der Waals surface area contributed by atoms with Crippen LogP contribution in [0.5, 0.6) is 17.2 Å². The summed E-state index contributed by atoms with van der Waals surface area (Å²) in [6.45, 7) is 28.1. The molecule has 0 amide bonds. The van der Waals surface area contributed by atoms with Gasteiger partial charge in [-0.2, -0.15) is 4.31 Å². The van der Waals surface area contributed by atoms with Gasteiger partial charge >= 0.3 is 15.6 Å². The van der Waals surface area contributed by atoms with Gasteiger partial charge in [0.1, 0.15) is 22.8 Å². The Balaban J connectivity index is 2.67. The van der Waals surface area contributed by atoms with Crippen molar-refractivity contribution >= 4 is 15.6 Å². The van der Waals surface area contributed by atoms with E-state index < -0.39 is 50.0 Å².